The first-order chi connectivity index (χ1) is 9.24. The number of aryl methyl sites for hydroxylation is 1. The van der Waals surface area contributed by atoms with Crippen molar-refractivity contribution in [3.63, 3.8) is 0 Å². The molecule has 1 aliphatic rings. The van der Waals surface area contributed by atoms with Gasteiger partial charge in [-0.2, -0.15) is 0 Å². The lowest BCUT2D eigenvalue weighted by atomic mass is 10.2. The summed E-state index contributed by atoms with van der Waals surface area (Å²) in [6, 6.07) is 1.69. The summed E-state index contributed by atoms with van der Waals surface area (Å²) in [6.07, 6.45) is 5.18. The summed E-state index contributed by atoms with van der Waals surface area (Å²) < 4.78 is 1.69. The third-order valence-corrected chi connectivity index (χ3v) is 4.66. The van der Waals surface area contributed by atoms with E-state index in [0.717, 1.165) is 36.0 Å². The highest BCUT2D eigenvalue weighted by molar-refractivity contribution is 7.15. The fourth-order valence-corrected chi connectivity index (χ4v) is 3.60. The Morgan fingerprint density at radius 2 is 2.00 bits per heavy atom. The zero-order valence-corrected chi connectivity index (χ0v) is 12.1. The average Bonchev–Trinajstić information content (AvgIpc) is 2.61. The third-order valence-electron chi connectivity index (χ3n) is 3.71. The highest BCUT2D eigenvalue weighted by atomic mass is 32.1. The predicted octanol–water partition coefficient (Wildman–Crippen LogP) is 2.44. The Balaban J connectivity index is 1.86. The number of nitrogens with zero attached hydrogens (tertiary/aromatic N) is 3. The van der Waals surface area contributed by atoms with Gasteiger partial charge in [0, 0.05) is 23.7 Å². The molecule has 2 aromatic heterocycles. The minimum atomic E-state index is 0.0496. The number of fused-ring (bicyclic) bond motifs is 1. The highest BCUT2D eigenvalue weighted by Gasteiger charge is 2.12. The number of rotatable bonds is 2. The van der Waals surface area contributed by atoms with E-state index in [2.05, 4.69) is 9.88 Å². The van der Waals surface area contributed by atoms with E-state index in [1.807, 2.05) is 12.3 Å². The number of thiazole rings is 1. The van der Waals surface area contributed by atoms with E-state index in [-0.39, 0.29) is 5.56 Å². The van der Waals surface area contributed by atoms with Crippen molar-refractivity contribution in [2.45, 2.75) is 39.2 Å². The molecule has 0 radical (unpaired) electrons. The van der Waals surface area contributed by atoms with Crippen LogP contribution in [-0.4, -0.2) is 27.4 Å². The van der Waals surface area contributed by atoms with Gasteiger partial charge in [-0.15, -0.1) is 11.3 Å². The lowest BCUT2D eigenvalue weighted by molar-refractivity contribution is 0.274. The lowest BCUT2D eigenvalue weighted by Gasteiger charge is -2.18. The molecule has 0 unspecified atom stereocenters. The van der Waals surface area contributed by atoms with Crippen molar-refractivity contribution in [3.8, 4) is 0 Å². The predicted molar refractivity (Wildman–Crippen MR) is 77.8 cm³/mol. The van der Waals surface area contributed by atoms with Gasteiger partial charge >= 0.3 is 0 Å². The fraction of sp³-hybridized carbons (Fsp3) is 0.571. The van der Waals surface area contributed by atoms with Crippen molar-refractivity contribution >= 4 is 16.3 Å². The molecule has 2 aromatic rings. The van der Waals surface area contributed by atoms with Crippen LogP contribution in [0.4, 0.5) is 0 Å². The molecule has 0 saturated carbocycles. The van der Waals surface area contributed by atoms with Crippen LogP contribution < -0.4 is 5.56 Å². The molecule has 3 rings (SSSR count). The lowest BCUT2D eigenvalue weighted by Crippen LogP contribution is -2.26. The van der Waals surface area contributed by atoms with E-state index >= 15 is 0 Å². The SMILES string of the molecule is Cc1csc2nc(CN3CCCCCC3)cc(=O)n12. The van der Waals surface area contributed by atoms with Crippen LogP contribution in [0.1, 0.15) is 37.1 Å². The number of likely N-dealkylation sites (tertiary alicyclic amines) is 1. The summed E-state index contributed by atoms with van der Waals surface area (Å²) in [5, 5.41) is 1.99. The van der Waals surface area contributed by atoms with Crippen molar-refractivity contribution in [3.05, 3.63) is 33.2 Å². The molecule has 0 aliphatic carbocycles. The van der Waals surface area contributed by atoms with Crippen LogP contribution >= 0.6 is 11.3 Å². The van der Waals surface area contributed by atoms with E-state index in [1.165, 1.54) is 25.7 Å². The molecule has 0 N–H and O–H groups in total. The van der Waals surface area contributed by atoms with Gasteiger partial charge in [0.2, 0.25) is 0 Å². The minimum Gasteiger partial charge on any atom is -0.298 e. The van der Waals surface area contributed by atoms with Crippen molar-refractivity contribution in [2.24, 2.45) is 0 Å². The number of hydrogen-bond donors (Lipinski definition) is 0. The summed E-state index contributed by atoms with van der Waals surface area (Å²) in [5.74, 6) is 0. The van der Waals surface area contributed by atoms with Crippen molar-refractivity contribution in [2.75, 3.05) is 13.1 Å². The van der Waals surface area contributed by atoms with Gasteiger partial charge in [0.1, 0.15) is 0 Å². The van der Waals surface area contributed by atoms with Crippen LogP contribution in [0.15, 0.2) is 16.2 Å². The van der Waals surface area contributed by atoms with E-state index < -0.39 is 0 Å². The maximum atomic E-state index is 12.1. The maximum absolute atomic E-state index is 12.1. The van der Waals surface area contributed by atoms with E-state index in [1.54, 1.807) is 21.8 Å². The average molecular weight is 277 g/mol. The topological polar surface area (TPSA) is 37.6 Å². The van der Waals surface area contributed by atoms with Crippen LogP contribution in [0.25, 0.3) is 4.96 Å². The standard InChI is InChI=1S/C14H19N3OS/c1-11-10-19-14-15-12(8-13(18)17(11)14)9-16-6-4-2-3-5-7-16/h8,10H,2-7,9H2,1H3. The molecule has 102 valence electrons. The molecule has 0 amide bonds. The van der Waals surface area contributed by atoms with Gasteiger partial charge in [-0.25, -0.2) is 4.98 Å². The summed E-state index contributed by atoms with van der Waals surface area (Å²) >= 11 is 1.54. The normalized spacial score (nSPS) is 17.7. The van der Waals surface area contributed by atoms with Crippen molar-refractivity contribution < 1.29 is 0 Å². The Hall–Kier alpha value is -1.20. The van der Waals surface area contributed by atoms with Gasteiger partial charge in [-0.1, -0.05) is 12.8 Å². The molecule has 1 fully saturated rings. The van der Waals surface area contributed by atoms with Gasteiger partial charge in [0.25, 0.3) is 5.56 Å². The van der Waals surface area contributed by atoms with Crippen molar-refractivity contribution in [1.29, 1.82) is 0 Å². The van der Waals surface area contributed by atoms with Gasteiger partial charge in [-0.05, 0) is 32.9 Å². The van der Waals surface area contributed by atoms with Crippen LogP contribution in [0.5, 0.6) is 0 Å². The second-order valence-corrected chi connectivity index (χ2v) is 6.11. The number of hydrogen-bond acceptors (Lipinski definition) is 4. The number of aromatic nitrogens is 2. The third kappa shape index (κ3) is 2.72. The summed E-state index contributed by atoms with van der Waals surface area (Å²) in [4.78, 5) is 20.0. The van der Waals surface area contributed by atoms with E-state index in [0.29, 0.717) is 0 Å². The quantitative estimate of drug-likeness (QED) is 0.846. The summed E-state index contributed by atoms with van der Waals surface area (Å²) in [5.41, 5.74) is 1.93. The molecule has 5 heteroatoms. The first-order valence-electron chi connectivity index (χ1n) is 6.93. The van der Waals surface area contributed by atoms with E-state index in [9.17, 15) is 4.79 Å². The molecule has 0 aromatic carbocycles. The maximum Gasteiger partial charge on any atom is 0.259 e. The first-order valence-corrected chi connectivity index (χ1v) is 7.81. The highest BCUT2D eigenvalue weighted by Crippen LogP contribution is 2.14. The molecule has 0 spiro atoms. The monoisotopic (exact) mass is 277 g/mol. The van der Waals surface area contributed by atoms with Crippen LogP contribution in [0.3, 0.4) is 0 Å². The Labute approximate surface area is 116 Å². The Morgan fingerprint density at radius 3 is 2.74 bits per heavy atom. The molecule has 19 heavy (non-hydrogen) atoms. The Bertz CT molecular complexity index is 623. The zero-order chi connectivity index (χ0) is 13.2. The molecular formula is C14H19N3OS. The van der Waals surface area contributed by atoms with Crippen molar-refractivity contribution in [1.82, 2.24) is 14.3 Å². The van der Waals surface area contributed by atoms with Crippen LogP contribution in [-0.2, 0) is 6.54 Å². The molecule has 3 heterocycles. The fourth-order valence-electron chi connectivity index (χ4n) is 2.71. The zero-order valence-electron chi connectivity index (χ0n) is 11.3. The van der Waals surface area contributed by atoms with Gasteiger partial charge in [0.05, 0.1) is 5.69 Å². The van der Waals surface area contributed by atoms with Crippen LogP contribution in [0, 0.1) is 6.92 Å². The van der Waals surface area contributed by atoms with E-state index in [4.69, 9.17) is 0 Å². The molecule has 4 nitrogen and oxygen atoms in total. The smallest absolute Gasteiger partial charge is 0.259 e. The second-order valence-electron chi connectivity index (χ2n) is 5.27. The molecular weight excluding hydrogens is 258 g/mol. The Morgan fingerprint density at radius 1 is 1.26 bits per heavy atom. The summed E-state index contributed by atoms with van der Waals surface area (Å²) in [6.45, 7) is 5.01. The largest absolute Gasteiger partial charge is 0.298 e. The van der Waals surface area contributed by atoms with Gasteiger partial charge in [-0.3, -0.25) is 14.1 Å². The van der Waals surface area contributed by atoms with Gasteiger partial charge < -0.3 is 0 Å². The van der Waals surface area contributed by atoms with Gasteiger partial charge in [0.15, 0.2) is 4.96 Å². The minimum absolute atomic E-state index is 0.0496. The molecule has 0 bridgehead atoms. The Kier molecular flexibility index (Phi) is 3.66. The van der Waals surface area contributed by atoms with Crippen LogP contribution in [0.2, 0.25) is 0 Å². The first kappa shape index (κ1) is 12.8. The molecule has 1 saturated heterocycles. The molecule has 0 atom stereocenters. The second kappa shape index (κ2) is 5.43. The summed E-state index contributed by atoms with van der Waals surface area (Å²) in [7, 11) is 0. The molecule has 1 aliphatic heterocycles.